The summed E-state index contributed by atoms with van der Waals surface area (Å²) in [6.45, 7) is 3.62. The highest BCUT2D eigenvalue weighted by molar-refractivity contribution is 7.13. The summed E-state index contributed by atoms with van der Waals surface area (Å²) in [5.41, 5.74) is 4.43. The molecule has 0 aliphatic heterocycles. The van der Waals surface area contributed by atoms with Gasteiger partial charge in [-0.1, -0.05) is 12.1 Å². The highest BCUT2D eigenvalue weighted by atomic mass is 32.1. The summed E-state index contributed by atoms with van der Waals surface area (Å²) in [4.78, 5) is 20.3. The Morgan fingerprint density at radius 2 is 1.96 bits per heavy atom. The van der Waals surface area contributed by atoms with E-state index in [2.05, 4.69) is 57.0 Å². The van der Waals surface area contributed by atoms with Crippen LogP contribution in [-0.2, 0) is 13.1 Å². The highest BCUT2D eigenvalue weighted by Crippen LogP contribution is 2.20. The van der Waals surface area contributed by atoms with Crippen molar-refractivity contribution in [1.82, 2.24) is 24.8 Å². The van der Waals surface area contributed by atoms with Crippen LogP contribution >= 0.6 is 11.3 Å². The van der Waals surface area contributed by atoms with Gasteiger partial charge < -0.3 is 4.98 Å². The van der Waals surface area contributed by atoms with E-state index < -0.39 is 0 Å². The first-order chi connectivity index (χ1) is 12.2. The van der Waals surface area contributed by atoms with Gasteiger partial charge in [-0.05, 0) is 43.1 Å². The Bertz CT molecular complexity index is 973. The lowest BCUT2D eigenvalue weighted by molar-refractivity contribution is 0.311. The molecular formula is C19H19N5S. The van der Waals surface area contributed by atoms with Crippen LogP contribution in [0.1, 0.15) is 17.0 Å². The fourth-order valence-electron chi connectivity index (χ4n) is 2.84. The van der Waals surface area contributed by atoms with Gasteiger partial charge in [0.25, 0.3) is 0 Å². The van der Waals surface area contributed by atoms with Gasteiger partial charge in [0.1, 0.15) is 5.82 Å². The van der Waals surface area contributed by atoms with Crippen LogP contribution in [0.25, 0.3) is 21.7 Å². The Morgan fingerprint density at radius 3 is 2.72 bits per heavy atom. The van der Waals surface area contributed by atoms with Gasteiger partial charge in [0.2, 0.25) is 0 Å². The maximum atomic E-state index is 4.66. The Hall–Kier alpha value is -2.57. The summed E-state index contributed by atoms with van der Waals surface area (Å²) in [7, 11) is 2.08. The van der Waals surface area contributed by atoms with Crippen LogP contribution in [0.3, 0.4) is 0 Å². The molecule has 0 amide bonds. The van der Waals surface area contributed by atoms with Crippen LogP contribution in [0.5, 0.6) is 0 Å². The van der Waals surface area contributed by atoms with Crippen molar-refractivity contribution in [3.63, 3.8) is 0 Å². The van der Waals surface area contributed by atoms with E-state index in [1.54, 1.807) is 11.3 Å². The molecule has 0 spiro atoms. The first-order valence-electron chi connectivity index (χ1n) is 8.16. The molecule has 0 atom stereocenters. The molecule has 3 aromatic heterocycles. The van der Waals surface area contributed by atoms with E-state index in [1.165, 1.54) is 5.56 Å². The van der Waals surface area contributed by atoms with E-state index in [0.29, 0.717) is 0 Å². The van der Waals surface area contributed by atoms with E-state index in [0.717, 1.165) is 46.2 Å². The number of imidazole rings is 1. The lowest BCUT2D eigenvalue weighted by Crippen LogP contribution is -2.18. The lowest BCUT2D eigenvalue weighted by atomic mass is 10.2. The number of hydrogen-bond acceptors (Lipinski definition) is 5. The van der Waals surface area contributed by atoms with Crippen LogP contribution in [0.15, 0.2) is 48.1 Å². The molecule has 0 radical (unpaired) electrons. The zero-order chi connectivity index (χ0) is 17.2. The molecule has 0 unspecified atom stereocenters. The van der Waals surface area contributed by atoms with Gasteiger partial charge in [-0.15, -0.1) is 11.3 Å². The smallest absolute Gasteiger partial charge is 0.169 e. The zero-order valence-electron chi connectivity index (χ0n) is 14.2. The molecule has 0 bridgehead atoms. The number of thiophene rings is 1. The molecule has 1 aromatic carbocycles. The van der Waals surface area contributed by atoms with Gasteiger partial charge in [-0.3, -0.25) is 4.90 Å². The molecule has 6 heteroatoms. The number of aromatic nitrogens is 4. The first-order valence-corrected chi connectivity index (χ1v) is 9.04. The van der Waals surface area contributed by atoms with E-state index in [4.69, 9.17) is 0 Å². The number of benzene rings is 1. The second-order valence-corrected chi connectivity index (χ2v) is 7.22. The zero-order valence-corrected chi connectivity index (χ0v) is 15.0. The summed E-state index contributed by atoms with van der Waals surface area (Å²) in [5.74, 6) is 1.76. The number of aryl methyl sites for hydroxylation is 1. The van der Waals surface area contributed by atoms with Gasteiger partial charge in [0.15, 0.2) is 5.82 Å². The number of H-pyrrole nitrogens is 1. The van der Waals surface area contributed by atoms with E-state index in [9.17, 15) is 0 Å². The van der Waals surface area contributed by atoms with Crippen molar-refractivity contribution in [3.8, 4) is 10.7 Å². The SMILES string of the molecule is Cc1ccc2nc(CN(C)Cc3cnc(-c4cccs4)nc3)[nH]c2c1. The molecule has 3 heterocycles. The largest absolute Gasteiger partial charge is 0.341 e. The Balaban J connectivity index is 1.43. The minimum absolute atomic E-state index is 0.750. The Labute approximate surface area is 150 Å². The normalized spacial score (nSPS) is 11.5. The maximum absolute atomic E-state index is 4.66. The standard InChI is InChI=1S/C19H19N5S/c1-13-5-6-15-16(8-13)23-18(22-15)12-24(2)11-14-9-20-19(21-10-14)17-4-3-7-25-17/h3-10H,11-12H2,1-2H3,(H,22,23). The van der Waals surface area contributed by atoms with Crippen molar-refractivity contribution in [2.75, 3.05) is 7.05 Å². The fourth-order valence-corrected chi connectivity index (χ4v) is 3.52. The third-order valence-corrected chi connectivity index (χ3v) is 4.87. The summed E-state index contributed by atoms with van der Waals surface area (Å²) in [6, 6.07) is 10.3. The average molecular weight is 349 g/mol. The van der Waals surface area contributed by atoms with Gasteiger partial charge in [0.05, 0.1) is 22.5 Å². The molecule has 0 saturated carbocycles. The topological polar surface area (TPSA) is 57.7 Å². The molecule has 5 nitrogen and oxygen atoms in total. The van der Waals surface area contributed by atoms with E-state index in [1.807, 2.05) is 29.9 Å². The summed E-state index contributed by atoms with van der Waals surface area (Å²) in [6.07, 6.45) is 3.81. The van der Waals surface area contributed by atoms with Crippen molar-refractivity contribution in [2.45, 2.75) is 20.0 Å². The minimum Gasteiger partial charge on any atom is -0.341 e. The minimum atomic E-state index is 0.750. The molecule has 0 fully saturated rings. The monoisotopic (exact) mass is 349 g/mol. The van der Waals surface area contributed by atoms with Gasteiger partial charge >= 0.3 is 0 Å². The van der Waals surface area contributed by atoms with Crippen molar-refractivity contribution in [3.05, 3.63) is 65.1 Å². The highest BCUT2D eigenvalue weighted by Gasteiger charge is 2.08. The van der Waals surface area contributed by atoms with Gasteiger partial charge in [-0.2, -0.15) is 0 Å². The maximum Gasteiger partial charge on any atom is 0.169 e. The number of fused-ring (bicyclic) bond motifs is 1. The molecule has 4 rings (SSSR count). The van der Waals surface area contributed by atoms with Crippen LogP contribution in [0, 0.1) is 6.92 Å². The third kappa shape index (κ3) is 3.60. The van der Waals surface area contributed by atoms with Gasteiger partial charge in [0, 0.05) is 24.5 Å². The first kappa shape index (κ1) is 15.9. The average Bonchev–Trinajstić information content (AvgIpc) is 3.24. The van der Waals surface area contributed by atoms with Crippen molar-refractivity contribution >= 4 is 22.4 Å². The van der Waals surface area contributed by atoms with Gasteiger partial charge in [-0.25, -0.2) is 15.0 Å². The molecule has 4 aromatic rings. The van der Waals surface area contributed by atoms with Crippen molar-refractivity contribution in [1.29, 1.82) is 0 Å². The summed E-state index contributed by atoms with van der Waals surface area (Å²) < 4.78 is 0. The quantitative estimate of drug-likeness (QED) is 0.591. The molecule has 126 valence electrons. The molecule has 1 N–H and O–H groups in total. The molecule has 25 heavy (non-hydrogen) atoms. The Morgan fingerprint density at radius 1 is 1.12 bits per heavy atom. The van der Waals surface area contributed by atoms with Crippen molar-refractivity contribution in [2.24, 2.45) is 0 Å². The predicted molar refractivity (Wildman–Crippen MR) is 101 cm³/mol. The second-order valence-electron chi connectivity index (χ2n) is 6.27. The fraction of sp³-hybridized carbons (Fsp3) is 0.211. The molecule has 0 aliphatic carbocycles. The number of hydrogen-bond donors (Lipinski definition) is 1. The number of rotatable bonds is 5. The summed E-state index contributed by atoms with van der Waals surface area (Å²) >= 11 is 1.65. The van der Waals surface area contributed by atoms with E-state index >= 15 is 0 Å². The second kappa shape index (κ2) is 6.74. The summed E-state index contributed by atoms with van der Waals surface area (Å²) in [5, 5.41) is 2.04. The third-order valence-electron chi connectivity index (χ3n) is 4.01. The molecule has 0 saturated heterocycles. The predicted octanol–water partition coefficient (Wildman–Crippen LogP) is 4.02. The Kier molecular flexibility index (Phi) is 4.29. The number of nitrogens with zero attached hydrogens (tertiary/aromatic N) is 4. The van der Waals surface area contributed by atoms with Crippen LogP contribution in [-0.4, -0.2) is 31.9 Å². The number of aromatic amines is 1. The van der Waals surface area contributed by atoms with E-state index in [-0.39, 0.29) is 0 Å². The van der Waals surface area contributed by atoms with Crippen molar-refractivity contribution < 1.29 is 0 Å². The van der Waals surface area contributed by atoms with Crippen LogP contribution in [0.2, 0.25) is 0 Å². The lowest BCUT2D eigenvalue weighted by Gasteiger charge is -2.14. The van der Waals surface area contributed by atoms with Crippen LogP contribution < -0.4 is 0 Å². The van der Waals surface area contributed by atoms with Crippen LogP contribution in [0.4, 0.5) is 0 Å². The molecule has 0 aliphatic rings. The molecular weight excluding hydrogens is 330 g/mol. The number of nitrogens with one attached hydrogen (secondary N) is 1.